The number of carbonyl (C=O) groups excluding carboxylic acids is 1. The first kappa shape index (κ1) is 17.4. The highest BCUT2D eigenvalue weighted by Crippen LogP contribution is 2.43. The first-order valence-corrected chi connectivity index (χ1v) is 6.83. The molecular formula is C14H21F5O. The molecule has 0 unspecified atom stereocenters. The average Bonchev–Trinajstić information content (AvgIpc) is 2.26. The molecule has 0 radical (unpaired) electrons. The maximum atomic E-state index is 12.9. The van der Waals surface area contributed by atoms with Gasteiger partial charge in [-0.2, -0.15) is 22.0 Å². The fourth-order valence-corrected chi connectivity index (χ4v) is 2.78. The van der Waals surface area contributed by atoms with Gasteiger partial charge in [0.2, 0.25) is 5.78 Å². The van der Waals surface area contributed by atoms with Crippen LogP contribution < -0.4 is 0 Å². The summed E-state index contributed by atoms with van der Waals surface area (Å²) < 4.78 is 62.0. The van der Waals surface area contributed by atoms with Crippen LogP contribution >= 0.6 is 0 Å². The molecule has 118 valence electrons. The fraction of sp³-hybridized carbons (Fsp3) is 0.929. The topological polar surface area (TPSA) is 17.1 Å². The minimum absolute atomic E-state index is 0.102. The van der Waals surface area contributed by atoms with Gasteiger partial charge < -0.3 is 0 Å². The monoisotopic (exact) mass is 300 g/mol. The molecule has 0 saturated heterocycles. The Morgan fingerprint density at radius 2 is 1.40 bits per heavy atom. The van der Waals surface area contributed by atoms with Gasteiger partial charge in [-0.25, -0.2) is 0 Å². The lowest BCUT2D eigenvalue weighted by Gasteiger charge is -2.37. The molecule has 0 bridgehead atoms. The molecule has 1 saturated carbocycles. The van der Waals surface area contributed by atoms with Crippen LogP contribution in [0.1, 0.15) is 52.9 Å². The van der Waals surface area contributed by atoms with Crippen LogP contribution in [0.15, 0.2) is 0 Å². The third-order valence-electron chi connectivity index (χ3n) is 4.25. The maximum absolute atomic E-state index is 12.9. The first-order chi connectivity index (χ1) is 8.85. The molecule has 0 heterocycles. The number of halogens is 5. The number of alkyl halides is 5. The van der Waals surface area contributed by atoms with E-state index in [-0.39, 0.29) is 11.3 Å². The van der Waals surface area contributed by atoms with Crippen LogP contribution in [0.2, 0.25) is 0 Å². The molecule has 0 aromatic carbocycles. The van der Waals surface area contributed by atoms with Crippen molar-refractivity contribution < 1.29 is 26.7 Å². The fourth-order valence-electron chi connectivity index (χ4n) is 2.78. The molecule has 0 N–H and O–H groups in total. The molecule has 6 heteroatoms. The largest absolute Gasteiger partial charge is 0.461 e. The van der Waals surface area contributed by atoms with Crippen LogP contribution in [0.5, 0.6) is 0 Å². The number of hydrogen-bond acceptors (Lipinski definition) is 1. The van der Waals surface area contributed by atoms with E-state index in [9.17, 15) is 26.7 Å². The molecule has 1 fully saturated rings. The van der Waals surface area contributed by atoms with E-state index < -0.39 is 24.3 Å². The predicted octanol–water partition coefficient (Wildman–Crippen LogP) is 5.00. The highest BCUT2D eigenvalue weighted by Gasteiger charge is 2.62. The van der Waals surface area contributed by atoms with E-state index >= 15 is 0 Å². The number of hydrogen-bond donors (Lipinski definition) is 0. The van der Waals surface area contributed by atoms with Gasteiger partial charge >= 0.3 is 12.1 Å². The van der Waals surface area contributed by atoms with Crippen LogP contribution in [-0.2, 0) is 4.79 Å². The predicted molar refractivity (Wildman–Crippen MR) is 65.5 cm³/mol. The van der Waals surface area contributed by atoms with E-state index in [2.05, 4.69) is 20.8 Å². The summed E-state index contributed by atoms with van der Waals surface area (Å²) in [6.07, 6.45) is -3.82. The van der Waals surface area contributed by atoms with Crippen LogP contribution in [0.3, 0.4) is 0 Å². The van der Waals surface area contributed by atoms with Crippen molar-refractivity contribution >= 4 is 5.78 Å². The highest BCUT2D eigenvalue weighted by molar-refractivity contribution is 5.86. The Hall–Kier alpha value is -0.680. The van der Waals surface area contributed by atoms with E-state index in [0.29, 0.717) is 18.8 Å². The summed E-state index contributed by atoms with van der Waals surface area (Å²) in [7, 11) is 0. The van der Waals surface area contributed by atoms with Crippen LogP contribution in [0, 0.1) is 17.3 Å². The average molecular weight is 300 g/mol. The molecule has 1 aliphatic rings. The van der Waals surface area contributed by atoms with Crippen molar-refractivity contribution in [2.45, 2.75) is 65.0 Å². The quantitative estimate of drug-likeness (QED) is 0.671. The van der Waals surface area contributed by atoms with Gasteiger partial charge in [0.05, 0.1) is 0 Å². The molecule has 1 aliphatic carbocycles. The molecule has 0 aromatic rings. The smallest absolute Gasteiger partial charge is 0.293 e. The zero-order chi connectivity index (χ0) is 15.8. The Kier molecular flexibility index (Phi) is 4.87. The number of carbonyl (C=O) groups is 1. The second-order valence-corrected chi connectivity index (χ2v) is 6.78. The minimum Gasteiger partial charge on any atom is -0.293 e. The van der Waals surface area contributed by atoms with Gasteiger partial charge in [0.25, 0.3) is 0 Å². The van der Waals surface area contributed by atoms with Crippen LogP contribution in [0.4, 0.5) is 22.0 Å². The van der Waals surface area contributed by atoms with E-state index in [1.54, 1.807) is 0 Å². The van der Waals surface area contributed by atoms with Crippen molar-refractivity contribution in [1.82, 2.24) is 0 Å². The van der Waals surface area contributed by atoms with Gasteiger partial charge in [-0.1, -0.05) is 20.8 Å². The van der Waals surface area contributed by atoms with Crippen molar-refractivity contribution in [2.75, 3.05) is 0 Å². The minimum atomic E-state index is -5.79. The number of rotatable bonds is 3. The Morgan fingerprint density at radius 1 is 0.950 bits per heavy atom. The lowest BCUT2D eigenvalue weighted by atomic mass is 9.69. The third kappa shape index (κ3) is 3.92. The summed E-state index contributed by atoms with van der Waals surface area (Å²) in [6, 6.07) is 0. The van der Waals surface area contributed by atoms with E-state index in [4.69, 9.17) is 0 Å². The summed E-state index contributed by atoms with van der Waals surface area (Å²) in [5.74, 6) is -7.14. The van der Waals surface area contributed by atoms with Crippen molar-refractivity contribution in [1.29, 1.82) is 0 Å². The summed E-state index contributed by atoms with van der Waals surface area (Å²) in [4.78, 5) is 11.2. The van der Waals surface area contributed by atoms with E-state index in [1.165, 1.54) is 0 Å². The molecular weight excluding hydrogens is 279 g/mol. The van der Waals surface area contributed by atoms with Crippen molar-refractivity contribution in [2.24, 2.45) is 17.3 Å². The third-order valence-corrected chi connectivity index (χ3v) is 4.25. The molecule has 0 aromatic heterocycles. The van der Waals surface area contributed by atoms with Crippen molar-refractivity contribution in [3.63, 3.8) is 0 Å². The van der Waals surface area contributed by atoms with Crippen LogP contribution in [0.25, 0.3) is 0 Å². The van der Waals surface area contributed by atoms with Gasteiger partial charge in [0.1, 0.15) is 0 Å². The molecule has 0 aliphatic heterocycles. The van der Waals surface area contributed by atoms with Crippen molar-refractivity contribution in [3.05, 3.63) is 0 Å². The zero-order valence-electron chi connectivity index (χ0n) is 12.0. The Labute approximate surface area is 115 Å². The van der Waals surface area contributed by atoms with Gasteiger partial charge in [0.15, 0.2) is 0 Å². The normalized spacial score (nSPS) is 25.6. The second kappa shape index (κ2) is 5.60. The summed E-state index contributed by atoms with van der Waals surface area (Å²) in [5.41, 5.74) is 0.102. The van der Waals surface area contributed by atoms with Crippen LogP contribution in [-0.4, -0.2) is 17.9 Å². The molecule has 1 rings (SSSR count). The maximum Gasteiger partial charge on any atom is 0.461 e. The molecule has 0 atom stereocenters. The molecule has 0 amide bonds. The van der Waals surface area contributed by atoms with Gasteiger partial charge in [-0.05, 0) is 42.9 Å². The Morgan fingerprint density at radius 3 is 1.75 bits per heavy atom. The van der Waals surface area contributed by atoms with Gasteiger partial charge in [-0.15, -0.1) is 0 Å². The number of ketones is 1. The summed E-state index contributed by atoms with van der Waals surface area (Å²) in [6.45, 7) is 6.25. The van der Waals surface area contributed by atoms with Gasteiger partial charge in [0, 0.05) is 6.42 Å². The highest BCUT2D eigenvalue weighted by atomic mass is 19.4. The summed E-state index contributed by atoms with van der Waals surface area (Å²) in [5, 5.41) is 0. The standard InChI is InChI=1S/C14H21F5O/c1-12(2,3)10-6-4-9(5-7-10)8-11(20)13(15,16)14(17,18)19/h9-10H,4-8H2,1-3H3. The van der Waals surface area contributed by atoms with Crippen molar-refractivity contribution in [3.8, 4) is 0 Å². The molecule has 20 heavy (non-hydrogen) atoms. The lowest BCUT2D eigenvalue weighted by Crippen LogP contribution is -2.45. The van der Waals surface area contributed by atoms with E-state index in [1.807, 2.05) is 0 Å². The molecule has 0 spiro atoms. The number of Topliss-reactive ketones (excluding diaryl/α,β-unsaturated/α-hetero) is 1. The second-order valence-electron chi connectivity index (χ2n) is 6.78. The Balaban J connectivity index is 2.55. The first-order valence-electron chi connectivity index (χ1n) is 6.83. The zero-order valence-corrected chi connectivity index (χ0v) is 12.0. The lowest BCUT2D eigenvalue weighted by molar-refractivity contribution is -0.269. The SMILES string of the molecule is CC(C)(C)C1CCC(CC(=O)C(F)(F)C(F)(F)F)CC1. The Bertz CT molecular complexity index is 346. The van der Waals surface area contributed by atoms with E-state index in [0.717, 1.165) is 12.8 Å². The summed E-state index contributed by atoms with van der Waals surface area (Å²) >= 11 is 0. The molecule has 1 nitrogen and oxygen atoms in total. The van der Waals surface area contributed by atoms with Gasteiger partial charge in [-0.3, -0.25) is 4.79 Å².